The minimum absolute atomic E-state index is 0.186. The summed E-state index contributed by atoms with van der Waals surface area (Å²) < 4.78 is 10.7. The highest BCUT2D eigenvalue weighted by Crippen LogP contribution is 2.52. The Morgan fingerprint density at radius 2 is 2.20 bits per heavy atom. The van der Waals surface area contributed by atoms with E-state index in [-0.39, 0.29) is 17.2 Å². The van der Waals surface area contributed by atoms with E-state index in [4.69, 9.17) is 9.47 Å². The third kappa shape index (κ3) is 2.46. The van der Waals surface area contributed by atoms with Crippen LogP contribution in [0.15, 0.2) is 23.7 Å². The highest BCUT2D eigenvalue weighted by atomic mass is 32.2. The van der Waals surface area contributed by atoms with E-state index in [0.29, 0.717) is 27.9 Å². The number of thiazole rings is 1. The van der Waals surface area contributed by atoms with E-state index in [9.17, 15) is 9.59 Å². The van der Waals surface area contributed by atoms with Crippen LogP contribution in [-0.4, -0.2) is 47.7 Å². The molecule has 0 radical (unpaired) electrons. The van der Waals surface area contributed by atoms with Gasteiger partial charge in [0, 0.05) is 22.9 Å². The standard InChI is InChI=1S/C16H15N3O4S2/c1-22-10-4-3-8-11(12(10)23-2)14(21)19-9(7-25-15(8)19)13(20)18-16-17-5-6-24-16/h3-6,9,15H,7H2,1-2H3,(H,17,18,20)/t9-,15+/m0/s1. The monoisotopic (exact) mass is 377 g/mol. The van der Waals surface area contributed by atoms with Crippen molar-refractivity contribution in [2.24, 2.45) is 0 Å². The fraction of sp³-hybridized carbons (Fsp3) is 0.312. The molecule has 1 fully saturated rings. The molecule has 0 bridgehead atoms. The molecule has 2 amide bonds. The van der Waals surface area contributed by atoms with Crippen molar-refractivity contribution >= 4 is 40.0 Å². The van der Waals surface area contributed by atoms with Crippen molar-refractivity contribution in [3.8, 4) is 11.5 Å². The summed E-state index contributed by atoms with van der Waals surface area (Å²) >= 11 is 2.92. The van der Waals surface area contributed by atoms with Crippen LogP contribution in [0, 0.1) is 0 Å². The lowest BCUT2D eigenvalue weighted by Gasteiger charge is -2.22. The van der Waals surface area contributed by atoms with Gasteiger partial charge in [-0.05, 0) is 6.07 Å². The summed E-state index contributed by atoms with van der Waals surface area (Å²) in [5, 5.41) is 4.91. The number of nitrogens with one attached hydrogen (secondary N) is 1. The molecule has 0 unspecified atom stereocenters. The molecule has 1 saturated heterocycles. The summed E-state index contributed by atoms with van der Waals surface area (Å²) in [5.41, 5.74) is 1.34. The number of ether oxygens (including phenoxy) is 2. The largest absolute Gasteiger partial charge is 0.493 e. The van der Waals surface area contributed by atoms with Crippen LogP contribution in [0.2, 0.25) is 0 Å². The van der Waals surface area contributed by atoms with Crippen molar-refractivity contribution in [2.75, 3.05) is 25.3 Å². The fourth-order valence-electron chi connectivity index (χ4n) is 3.17. The minimum atomic E-state index is -0.547. The molecule has 1 aromatic carbocycles. The first kappa shape index (κ1) is 16.2. The number of hydrogen-bond donors (Lipinski definition) is 1. The van der Waals surface area contributed by atoms with Gasteiger partial charge in [0.15, 0.2) is 16.6 Å². The summed E-state index contributed by atoms with van der Waals surface area (Å²) in [6.45, 7) is 0. The zero-order valence-corrected chi connectivity index (χ0v) is 15.1. The molecule has 2 aliphatic heterocycles. The smallest absolute Gasteiger partial charge is 0.260 e. The Morgan fingerprint density at radius 3 is 2.88 bits per heavy atom. The molecular formula is C16H15N3O4S2. The number of rotatable bonds is 4. The van der Waals surface area contributed by atoms with Gasteiger partial charge in [-0.1, -0.05) is 6.07 Å². The maximum Gasteiger partial charge on any atom is 0.260 e. The van der Waals surface area contributed by atoms with Crippen molar-refractivity contribution in [1.29, 1.82) is 0 Å². The fourth-order valence-corrected chi connectivity index (χ4v) is 5.16. The van der Waals surface area contributed by atoms with E-state index in [1.54, 1.807) is 34.3 Å². The van der Waals surface area contributed by atoms with Crippen LogP contribution in [0.3, 0.4) is 0 Å². The van der Waals surface area contributed by atoms with Gasteiger partial charge in [0.2, 0.25) is 5.91 Å². The first-order valence-corrected chi connectivity index (χ1v) is 9.48. The number of anilines is 1. The molecule has 9 heteroatoms. The van der Waals surface area contributed by atoms with Gasteiger partial charge < -0.3 is 19.7 Å². The average Bonchev–Trinajstić information content (AvgIpc) is 3.33. The Bertz CT molecular complexity index is 840. The molecule has 0 spiro atoms. The molecule has 3 heterocycles. The molecular weight excluding hydrogens is 362 g/mol. The van der Waals surface area contributed by atoms with E-state index in [2.05, 4.69) is 10.3 Å². The number of aromatic nitrogens is 1. The van der Waals surface area contributed by atoms with Gasteiger partial charge in [-0.2, -0.15) is 0 Å². The Hall–Kier alpha value is -2.26. The molecule has 2 aliphatic rings. The van der Waals surface area contributed by atoms with Gasteiger partial charge in [0.1, 0.15) is 11.4 Å². The number of amides is 2. The quantitative estimate of drug-likeness (QED) is 0.881. The number of nitrogens with zero attached hydrogens (tertiary/aromatic N) is 2. The van der Waals surface area contributed by atoms with Crippen LogP contribution < -0.4 is 14.8 Å². The van der Waals surface area contributed by atoms with Crippen LogP contribution in [0.1, 0.15) is 21.3 Å². The SMILES string of the molecule is COc1ccc2c(c1OC)C(=O)N1[C@@H]2SC[C@H]1C(=O)Nc1nccs1. The third-order valence-electron chi connectivity index (χ3n) is 4.26. The number of methoxy groups -OCH3 is 2. The highest BCUT2D eigenvalue weighted by molar-refractivity contribution is 7.99. The Labute approximate surface area is 152 Å². The van der Waals surface area contributed by atoms with Crippen molar-refractivity contribution in [3.05, 3.63) is 34.8 Å². The predicted octanol–water partition coefficient (Wildman–Crippen LogP) is 2.37. The lowest BCUT2D eigenvalue weighted by atomic mass is 10.1. The Kier molecular flexibility index (Phi) is 4.04. The average molecular weight is 377 g/mol. The molecule has 25 heavy (non-hydrogen) atoms. The molecule has 4 rings (SSSR count). The molecule has 0 aliphatic carbocycles. The number of benzene rings is 1. The van der Waals surface area contributed by atoms with Gasteiger partial charge in [-0.3, -0.25) is 9.59 Å². The van der Waals surface area contributed by atoms with E-state index in [0.717, 1.165) is 5.56 Å². The van der Waals surface area contributed by atoms with Gasteiger partial charge in [-0.15, -0.1) is 23.1 Å². The second-order valence-electron chi connectivity index (χ2n) is 5.51. The second kappa shape index (κ2) is 6.23. The molecule has 7 nitrogen and oxygen atoms in total. The van der Waals surface area contributed by atoms with Crippen LogP contribution in [0.4, 0.5) is 5.13 Å². The zero-order valence-electron chi connectivity index (χ0n) is 13.5. The number of carbonyl (C=O) groups is 2. The lowest BCUT2D eigenvalue weighted by molar-refractivity contribution is -0.119. The van der Waals surface area contributed by atoms with E-state index in [1.807, 2.05) is 6.07 Å². The topological polar surface area (TPSA) is 80.8 Å². The molecule has 1 aromatic heterocycles. The normalized spacial score (nSPS) is 21.0. The van der Waals surface area contributed by atoms with E-state index in [1.165, 1.54) is 25.6 Å². The number of carbonyl (C=O) groups excluding carboxylic acids is 2. The van der Waals surface area contributed by atoms with E-state index < -0.39 is 6.04 Å². The number of thioether (sulfide) groups is 1. The van der Waals surface area contributed by atoms with Gasteiger partial charge in [0.05, 0.1) is 19.8 Å². The first-order chi connectivity index (χ1) is 12.2. The van der Waals surface area contributed by atoms with E-state index >= 15 is 0 Å². The van der Waals surface area contributed by atoms with Crippen molar-refractivity contribution in [2.45, 2.75) is 11.4 Å². The highest BCUT2D eigenvalue weighted by Gasteiger charge is 2.50. The van der Waals surface area contributed by atoms with Crippen molar-refractivity contribution < 1.29 is 19.1 Å². The summed E-state index contributed by atoms with van der Waals surface area (Å²) in [5.74, 6) is 1.03. The predicted molar refractivity (Wildman–Crippen MR) is 95.4 cm³/mol. The van der Waals surface area contributed by atoms with Gasteiger partial charge in [-0.25, -0.2) is 4.98 Å². The lowest BCUT2D eigenvalue weighted by Crippen LogP contribution is -2.42. The zero-order chi connectivity index (χ0) is 17.6. The summed E-state index contributed by atoms with van der Waals surface area (Å²) in [4.78, 5) is 31.3. The molecule has 0 saturated carbocycles. The van der Waals surface area contributed by atoms with Crippen LogP contribution >= 0.6 is 23.1 Å². The maximum absolute atomic E-state index is 13.0. The Balaban J connectivity index is 1.66. The Morgan fingerprint density at radius 1 is 1.36 bits per heavy atom. The van der Waals surface area contributed by atoms with Crippen LogP contribution in [0.5, 0.6) is 11.5 Å². The summed E-state index contributed by atoms with van der Waals surface area (Å²) in [7, 11) is 3.04. The van der Waals surface area contributed by atoms with Crippen molar-refractivity contribution in [3.63, 3.8) is 0 Å². The summed E-state index contributed by atoms with van der Waals surface area (Å²) in [6.07, 6.45) is 1.63. The van der Waals surface area contributed by atoms with Gasteiger partial charge >= 0.3 is 0 Å². The molecule has 1 N–H and O–H groups in total. The molecule has 2 atom stereocenters. The number of fused-ring (bicyclic) bond motifs is 3. The van der Waals surface area contributed by atoms with Gasteiger partial charge in [0.25, 0.3) is 5.91 Å². The molecule has 2 aromatic rings. The third-order valence-corrected chi connectivity index (χ3v) is 6.25. The number of hydrogen-bond acceptors (Lipinski definition) is 7. The molecule has 130 valence electrons. The minimum Gasteiger partial charge on any atom is -0.493 e. The van der Waals surface area contributed by atoms with Crippen molar-refractivity contribution in [1.82, 2.24) is 9.88 Å². The second-order valence-corrected chi connectivity index (χ2v) is 7.51. The summed E-state index contributed by atoms with van der Waals surface area (Å²) in [6, 6.07) is 3.11. The van der Waals surface area contributed by atoms with Crippen LogP contribution in [-0.2, 0) is 4.79 Å². The van der Waals surface area contributed by atoms with Crippen LogP contribution in [0.25, 0.3) is 0 Å². The maximum atomic E-state index is 13.0. The first-order valence-electron chi connectivity index (χ1n) is 7.55.